The number of aromatic nitrogens is 2. The van der Waals surface area contributed by atoms with Gasteiger partial charge in [-0.25, -0.2) is 8.42 Å². The van der Waals surface area contributed by atoms with E-state index in [1.165, 1.54) is 10.9 Å². The fourth-order valence-corrected chi connectivity index (χ4v) is 3.92. The van der Waals surface area contributed by atoms with Crippen molar-refractivity contribution in [1.29, 1.82) is 0 Å². The fourth-order valence-electron chi connectivity index (χ4n) is 2.47. The summed E-state index contributed by atoms with van der Waals surface area (Å²) in [5, 5.41) is 7.08. The largest absolute Gasteiger partial charge is 0.320 e. The van der Waals surface area contributed by atoms with Crippen molar-refractivity contribution < 1.29 is 8.42 Å². The van der Waals surface area contributed by atoms with Crippen LogP contribution in [0.4, 0.5) is 0 Å². The molecule has 0 aromatic carbocycles. The Kier molecular flexibility index (Phi) is 6.44. The molecule has 0 bridgehead atoms. The maximum absolute atomic E-state index is 12.4. The highest BCUT2D eigenvalue weighted by Gasteiger charge is 2.29. The zero-order chi connectivity index (χ0) is 13.9. The van der Waals surface area contributed by atoms with Crippen LogP contribution < -0.4 is 5.32 Å². The number of halogens is 1. The zero-order valence-corrected chi connectivity index (χ0v) is 13.6. The third-order valence-corrected chi connectivity index (χ3v) is 5.55. The first kappa shape index (κ1) is 17.4. The number of nitrogens with one attached hydrogen (secondary N) is 1. The Morgan fingerprint density at radius 3 is 2.55 bits per heavy atom. The molecule has 1 aliphatic heterocycles. The van der Waals surface area contributed by atoms with E-state index in [-0.39, 0.29) is 12.4 Å². The molecule has 0 radical (unpaired) electrons. The molecule has 0 amide bonds. The van der Waals surface area contributed by atoms with Crippen molar-refractivity contribution in [3.63, 3.8) is 0 Å². The van der Waals surface area contributed by atoms with Gasteiger partial charge in [0.2, 0.25) is 10.0 Å². The van der Waals surface area contributed by atoms with E-state index < -0.39 is 10.0 Å². The first-order chi connectivity index (χ1) is 9.04. The summed E-state index contributed by atoms with van der Waals surface area (Å²) >= 11 is 0. The van der Waals surface area contributed by atoms with E-state index in [1.807, 2.05) is 7.05 Å². The molecule has 116 valence electrons. The molecule has 2 heterocycles. The molecule has 8 heteroatoms. The number of nitrogens with zero attached hydrogens (tertiary/aromatic N) is 3. The van der Waals surface area contributed by atoms with Crippen molar-refractivity contribution in [2.75, 3.05) is 26.7 Å². The summed E-state index contributed by atoms with van der Waals surface area (Å²) in [6.45, 7) is 2.23. The molecular formula is C12H23ClN4O2S. The minimum atomic E-state index is -3.35. The average molecular weight is 323 g/mol. The maximum Gasteiger partial charge on any atom is 0.246 e. The van der Waals surface area contributed by atoms with Gasteiger partial charge < -0.3 is 5.32 Å². The summed E-state index contributed by atoms with van der Waals surface area (Å²) in [5.41, 5.74) is 0. The minimum Gasteiger partial charge on any atom is -0.320 e. The molecular weight excluding hydrogens is 300 g/mol. The molecule has 6 nitrogen and oxygen atoms in total. The second-order valence-corrected chi connectivity index (χ2v) is 7.03. The first-order valence-electron chi connectivity index (χ1n) is 6.67. The van der Waals surface area contributed by atoms with Crippen LogP contribution >= 0.6 is 12.4 Å². The molecule has 0 unspecified atom stereocenters. The van der Waals surface area contributed by atoms with Crippen LogP contribution in [0.25, 0.3) is 0 Å². The van der Waals surface area contributed by atoms with Crippen LogP contribution in [0.15, 0.2) is 17.3 Å². The van der Waals surface area contributed by atoms with Gasteiger partial charge in [0.15, 0.2) is 0 Å². The number of aryl methyl sites for hydroxylation is 1. The Morgan fingerprint density at radius 1 is 1.40 bits per heavy atom. The third-order valence-electron chi connectivity index (χ3n) is 3.70. The Bertz CT molecular complexity index is 509. The summed E-state index contributed by atoms with van der Waals surface area (Å²) in [4.78, 5) is 0.295. The molecule has 1 aliphatic rings. The highest BCUT2D eigenvalue weighted by atomic mass is 35.5. The highest BCUT2D eigenvalue weighted by molar-refractivity contribution is 7.89. The van der Waals surface area contributed by atoms with E-state index in [0.29, 0.717) is 23.9 Å². The molecule has 20 heavy (non-hydrogen) atoms. The number of hydrogen-bond donors (Lipinski definition) is 1. The molecule has 1 aromatic heterocycles. The van der Waals surface area contributed by atoms with Crippen LogP contribution in [0.5, 0.6) is 0 Å². The van der Waals surface area contributed by atoms with E-state index in [1.54, 1.807) is 17.5 Å². The lowest BCUT2D eigenvalue weighted by molar-refractivity contribution is 0.263. The molecule has 1 aromatic rings. The van der Waals surface area contributed by atoms with E-state index in [0.717, 1.165) is 25.8 Å². The Balaban J connectivity index is 0.00000200. The number of piperidine rings is 1. The lowest BCUT2D eigenvalue weighted by Crippen LogP contribution is -2.38. The summed E-state index contributed by atoms with van der Waals surface area (Å²) in [7, 11) is 0.321. The van der Waals surface area contributed by atoms with Gasteiger partial charge in [-0.05, 0) is 38.8 Å². The van der Waals surface area contributed by atoms with E-state index in [2.05, 4.69) is 10.4 Å². The van der Waals surface area contributed by atoms with Crippen LogP contribution in [0.1, 0.15) is 19.3 Å². The van der Waals surface area contributed by atoms with Gasteiger partial charge in [-0.15, -0.1) is 12.4 Å². The summed E-state index contributed by atoms with van der Waals surface area (Å²) in [6.07, 6.45) is 5.99. The van der Waals surface area contributed by atoms with E-state index in [9.17, 15) is 8.42 Å². The van der Waals surface area contributed by atoms with Gasteiger partial charge in [-0.2, -0.15) is 9.40 Å². The Hall–Kier alpha value is -0.630. The number of hydrogen-bond acceptors (Lipinski definition) is 4. The second kappa shape index (κ2) is 7.40. The maximum atomic E-state index is 12.4. The summed E-state index contributed by atoms with van der Waals surface area (Å²) < 4.78 is 27.9. The standard InChI is InChI=1S/C12H22N4O2S.ClH/c1-13-6-3-11-4-7-16(8-5-11)19(17,18)12-9-14-15(2)10-12;/h9-11,13H,3-8H2,1-2H3;1H. The molecule has 1 N–H and O–H groups in total. The van der Waals surface area contributed by atoms with Crippen molar-refractivity contribution in [1.82, 2.24) is 19.4 Å². The predicted octanol–water partition coefficient (Wildman–Crippen LogP) is 0.852. The highest BCUT2D eigenvalue weighted by Crippen LogP contribution is 2.24. The summed E-state index contributed by atoms with van der Waals surface area (Å²) in [6, 6.07) is 0. The van der Waals surface area contributed by atoms with Crippen LogP contribution in [-0.4, -0.2) is 49.2 Å². The van der Waals surface area contributed by atoms with Crippen molar-refractivity contribution in [2.24, 2.45) is 13.0 Å². The van der Waals surface area contributed by atoms with Crippen LogP contribution in [0, 0.1) is 5.92 Å². The molecule has 0 atom stereocenters. The SMILES string of the molecule is CNCCC1CCN(S(=O)(=O)c2cnn(C)c2)CC1.Cl. The van der Waals surface area contributed by atoms with E-state index in [4.69, 9.17) is 0 Å². The average Bonchev–Trinajstić information content (AvgIpc) is 2.84. The van der Waals surface area contributed by atoms with Gasteiger partial charge >= 0.3 is 0 Å². The first-order valence-corrected chi connectivity index (χ1v) is 8.11. The number of rotatable bonds is 5. The summed E-state index contributed by atoms with van der Waals surface area (Å²) in [5.74, 6) is 0.632. The second-order valence-electron chi connectivity index (χ2n) is 5.09. The molecule has 1 fully saturated rings. The quantitative estimate of drug-likeness (QED) is 0.873. The van der Waals surface area contributed by atoms with Crippen molar-refractivity contribution in [2.45, 2.75) is 24.2 Å². The molecule has 0 aliphatic carbocycles. The van der Waals surface area contributed by atoms with E-state index >= 15 is 0 Å². The normalized spacial score (nSPS) is 17.9. The molecule has 1 saturated heterocycles. The number of sulfonamides is 1. The molecule has 2 rings (SSSR count). The van der Waals surface area contributed by atoms with Crippen molar-refractivity contribution in [3.05, 3.63) is 12.4 Å². The molecule has 0 saturated carbocycles. The van der Waals surface area contributed by atoms with Crippen LogP contribution in [0.2, 0.25) is 0 Å². The third kappa shape index (κ3) is 3.94. The zero-order valence-electron chi connectivity index (χ0n) is 11.9. The molecule has 0 spiro atoms. The van der Waals surface area contributed by atoms with Crippen molar-refractivity contribution in [3.8, 4) is 0 Å². The van der Waals surface area contributed by atoms with Crippen LogP contribution in [0.3, 0.4) is 0 Å². The predicted molar refractivity (Wildman–Crippen MR) is 80.5 cm³/mol. The Labute approximate surface area is 127 Å². The monoisotopic (exact) mass is 322 g/mol. The van der Waals surface area contributed by atoms with Gasteiger partial charge in [-0.3, -0.25) is 4.68 Å². The smallest absolute Gasteiger partial charge is 0.246 e. The van der Waals surface area contributed by atoms with Crippen molar-refractivity contribution >= 4 is 22.4 Å². The lowest BCUT2D eigenvalue weighted by atomic mass is 9.95. The van der Waals surface area contributed by atoms with Gasteiger partial charge in [0.1, 0.15) is 4.90 Å². The van der Waals surface area contributed by atoms with Gasteiger partial charge in [-0.1, -0.05) is 0 Å². The van der Waals surface area contributed by atoms with Gasteiger partial charge in [0, 0.05) is 26.3 Å². The van der Waals surface area contributed by atoms with Gasteiger partial charge in [0.25, 0.3) is 0 Å². The Morgan fingerprint density at radius 2 is 2.05 bits per heavy atom. The fraction of sp³-hybridized carbons (Fsp3) is 0.750. The lowest BCUT2D eigenvalue weighted by Gasteiger charge is -2.30. The van der Waals surface area contributed by atoms with Gasteiger partial charge in [0.05, 0.1) is 6.20 Å². The van der Waals surface area contributed by atoms with Crippen LogP contribution in [-0.2, 0) is 17.1 Å². The minimum absolute atomic E-state index is 0. The topological polar surface area (TPSA) is 67.2 Å².